The Balaban J connectivity index is 2.16. The molecular formula is C16H22BrN3O. The molecule has 0 saturated heterocycles. The average molecular weight is 352 g/mol. The largest absolute Gasteiger partial charge is 0.487 e. The Morgan fingerprint density at radius 1 is 1.38 bits per heavy atom. The molecule has 21 heavy (non-hydrogen) atoms. The lowest BCUT2D eigenvalue weighted by Gasteiger charge is -2.11. The van der Waals surface area contributed by atoms with Gasteiger partial charge in [-0.15, -0.1) is 0 Å². The lowest BCUT2D eigenvalue weighted by Crippen LogP contribution is -2.08. The molecule has 2 aromatic rings. The quantitative estimate of drug-likeness (QED) is 0.860. The van der Waals surface area contributed by atoms with E-state index >= 15 is 0 Å². The van der Waals surface area contributed by atoms with Crippen LogP contribution in [0.5, 0.6) is 5.75 Å². The van der Waals surface area contributed by atoms with Crippen LogP contribution in [0.3, 0.4) is 0 Å². The Kier molecular flexibility index (Phi) is 5.42. The number of nitrogens with two attached hydrogens (primary N) is 1. The number of hydrogen-bond acceptors (Lipinski definition) is 3. The summed E-state index contributed by atoms with van der Waals surface area (Å²) in [6.07, 6.45) is 0.904. The molecule has 1 heterocycles. The van der Waals surface area contributed by atoms with Gasteiger partial charge in [-0.05, 0) is 53.9 Å². The van der Waals surface area contributed by atoms with E-state index in [0.29, 0.717) is 6.61 Å². The summed E-state index contributed by atoms with van der Waals surface area (Å²) in [5, 5.41) is 4.57. The minimum Gasteiger partial charge on any atom is -0.487 e. The van der Waals surface area contributed by atoms with Crippen LogP contribution in [-0.4, -0.2) is 9.78 Å². The zero-order valence-corrected chi connectivity index (χ0v) is 14.4. The molecule has 0 unspecified atom stereocenters. The van der Waals surface area contributed by atoms with Crippen LogP contribution in [0.2, 0.25) is 0 Å². The molecule has 0 bridgehead atoms. The van der Waals surface area contributed by atoms with Gasteiger partial charge in [0.1, 0.15) is 12.4 Å². The van der Waals surface area contributed by atoms with Crippen LogP contribution < -0.4 is 10.5 Å². The normalized spacial score (nSPS) is 12.4. The lowest BCUT2D eigenvalue weighted by molar-refractivity contribution is 0.291. The summed E-state index contributed by atoms with van der Waals surface area (Å²) < 4.78 is 8.95. The van der Waals surface area contributed by atoms with Gasteiger partial charge >= 0.3 is 0 Å². The van der Waals surface area contributed by atoms with Gasteiger partial charge in [0.05, 0.1) is 15.9 Å². The topological polar surface area (TPSA) is 53.1 Å². The maximum atomic E-state index is 5.92. The van der Waals surface area contributed by atoms with Crippen molar-refractivity contribution in [2.24, 2.45) is 5.73 Å². The Morgan fingerprint density at radius 2 is 2.14 bits per heavy atom. The highest BCUT2D eigenvalue weighted by Gasteiger charge is 2.14. The van der Waals surface area contributed by atoms with Crippen molar-refractivity contribution in [1.29, 1.82) is 0 Å². The molecule has 1 aromatic heterocycles. The number of hydrogen-bond donors (Lipinski definition) is 1. The minimum atomic E-state index is 0.00755. The standard InChI is InChI=1S/C16H22BrN3O/c1-4-14-16(17)15(20(5-2)19-14)10-21-13-8-6-7-12(9-13)11(3)18/h6-9,11H,4-5,10,18H2,1-3H3/t11-/m0/s1. The van der Waals surface area contributed by atoms with Crippen LogP contribution in [0.4, 0.5) is 0 Å². The number of benzene rings is 1. The maximum Gasteiger partial charge on any atom is 0.131 e. The van der Waals surface area contributed by atoms with Crippen molar-refractivity contribution in [3.8, 4) is 5.75 Å². The van der Waals surface area contributed by atoms with Gasteiger partial charge in [-0.2, -0.15) is 5.10 Å². The molecule has 0 spiro atoms. The summed E-state index contributed by atoms with van der Waals surface area (Å²) in [6.45, 7) is 7.47. The van der Waals surface area contributed by atoms with Gasteiger partial charge in [0, 0.05) is 12.6 Å². The second-order valence-electron chi connectivity index (χ2n) is 5.03. The van der Waals surface area contributed by atoms with Crippen LogP contribution in [0.15, 0.2) is 28.7 Å². The van der Waals surface area contributed by atoms with Crippen molar-refractivity contribution >= 4 is 15.9 Å². The Morgan fingerprint density at radius 3 is 2.76 bits per heavy atom. The van der Waals surface area contributed by atoms with E-state index in [4.69, 9.17) is 10.5 Å². The third-order valence-electron chi connectivity index (χ3n) is 3.45. The molecule has 5 heteroatoms. The number of rotatable bonds is 6. The second kappa shape index (κ2) is 7.09. The summed E-state index contributed by atoms with van der Waals surface area (Å²) in [5.41, 5.74) is 9.12. The molecule has 2 N–H and O–H groups in total. The van der Waals surface area contributed by atoms with Crippen LogP contribution in [0.25, 0.3) is 0 Å². The van der Waals surface area contributed by atoms with E-state index in [-0.39, 0.29) is 6.04 Å². The summed E-state index contributed by atoms with van der Waals surface area (Å²) >= 11 is 3.63. The number of halogens is 1. The zero-order valence-electron chi connectivity index (χ0n) is 12.8. The first-order chi connectivity index (χ1) is 10.1. The second-order valence-corrected chi connectivity index (χ2v) is 5.82. The minimum absolute atomic E-state index is 0.00755. The Labute approximate surface area is 134 Å². The number of aryl methyl sites for hydroxylation is 2. The highest BCUT2D eigenvalue weighted by molar-refractivity contribution is 9.10. The predicted molar refractivity (Wildman–Crippen MR) is 88.4 cm³/mol. The van der Waals surface area contributed by atoms with E-state index in [1.807, 2.05) is 35.9 Å². The Hall–Kier alpha value is -1.33. The lowest BCUT2D eigenvalue weighted by atomic mass is 10.1. The van der Waals surface area contributed by atoms with Gasteiger partial charge in [0.25, 0.3) is 0 Å². The van der Waals surface area contributed by atoms with Crippen molar-refractivity contribution in [3.05, 3.63) is 45.7 Å². The van der Waals surface area contributed by atoms with E-state index in [9.17, 15) is 0 Å². The molecule has 0 aliphatic heterocycles. The first kappa shape index (κ1) is 16.0. The van der Waals surface area contributed by atoms with Crippen molar-refractivity contribution in [3.63, 3.8) is 0 Å². The first-order valence-corrected chi connectivity index (χ1v) is 8.08. The van der Waals surface area contributed by atoms with Crippen LogP contribution in [0.1, 0.15) is 43.8 Å². The molecule has 0 radical (unpaired) electrons. The van der Waals surface area contributed by atoms with Crippen LogP contribution in [0, 0.1) is 0 Å². The number of aromatic nitrogens is 2. The molecule has 0 saturated carbocycles. The summed E-state index contributed by atoms with van der Waals surface area (Å²) in [5.74, 6) is 0.832. The molecule has 4 nitrogen and oxygen atoms in total. The van der Waals surface area contributed by atoms with Gasteiger partial charge in [-0.25, -0.2) is 0 Å². The third kappa shape index (κ3) is 3.66. The zero-order chi connectivity index (χ0) is 15.4. The predicted octanol–water partition coefficient (Wildman–Crippen LogP) is 3.83. The molecule has 0 aliphatic carbocycles. The number of ether oxygens (including phenoxy) is 1. The van der Waals surface area contributed by atoms with Crippen LogP contribution >= 0.6 is 15.9 Å². The van der Waals surface area contributed by atoms with Crippen molar-refractivity contribution in [1.82, 2.24) is 9.78 Å². The molecule has 0 aliphatic rings. The third-order valence-corrected chi connectivity index (χ3v) is 4.37. The smallest absolute Gasteiger partial charge is 0.131 e. The monoisotopic (exact) mass is 351 g/mol. The average Bonchev–Trinajstić information content (AvgIpc) is 2.81. The maximum absolute atomic E-state index is 5.92. The molecule has 1 aromatic carbocycles. The molecule has 114 valence electrons. The fourth-order valence-electron chi connectivity index (χ4n) is 2.19. The fraction of sp³-hybridized carbons (Fsp3) is 0.438. The van der Waals surface area contributed by atoms with Crippen molar-refractivity contribution < 1.29 is 4.74 Å². The Bertz CT molecular complexity index is 608. The molecule has 2 rings (SSSR count). The summed E-state index contributed by atoms with van der Waals surface area (Å²) in [6, 6.07) is 7.93. The molecule has 1 atom stereocenters. The fourth-order valence-corrected chi connectivity index (χ4v) is 2.87. The van der Waals surface area contributed by atoms with E-state index in [2.05, 4.69) is 34.9 Å². The van der Waals surface area contributed by atoms with Crippen molar-refractivity contribution in [2.75, 3.05) is 0 Å². The van der Waals surface area contributed by atoms with E-state index < -0.39 is 0 Å². The molecule has 0 fully saturated rings. The SMILES string of the molecule is CCc1nn(CC)c(COc2cccc([C@H](C)N)c2)c1Br. The van der Waals surface area contributed by atoms with Gasteiger partial charge in [-0.3, -0.25) is 4.68 Å². The summed E-state index contributed by atoms with van der Waals surface area (Å²) in [7, 11) is 0. The molecular weight excluding hydrogens is 330 g/mol. The first-order valence-electron chi connectivity index (χ1n) is 7.29. The van der Waals surface area contributed by atoms with E-state index in [1.165, 1.54) is 0 Å². The van der Waals surface area contributed by atoms with E-state index in [0.717, 1.165) is 40.1 Å². The van der Waals surface area contributed by atoms with Crippen molar-refractivity contribution in [2.45, 2.75) is 46.4 Å². The highest BCUT2D eigenvalue weighted by Crippen LogP contribution is 2.25. The molecule has 0 amide bonds. The summed E-state index contributed by atoms with van der Waals surface area (Å²) in [4.78, 5) is 0. The number of nitrogens with zero attached hydrogens (tertiary/aromatic N) is 2. The highest BCUT2D eigenvalue weighted by atomic mass is 79.9. The van der Waals surface area contributed by atoms with Gasteiger partial charge in [0.2, 0.25) is 0 Å². The van der Waals surface area contributed by atoms with Crippen LogP contribution in [-0.2, 0) is 19.6 Å². The van der Waals surface area contributed by atoms with Gasteiger partial charge < -0.3 is 10.5 Å². The van der Waals surface area contributed by atoms with Gasteiger partial charge in [-0.1, -0.05) is 19.1 Å². The van der Waals surface area contributed by atoms with Gasteiger partial charge in [0.15, 0.2) is 0 Å². The van der Waals surface area contributed by atoms with E-state index in [1.54, 1.807) is 0 Å².